The van der Waals surface area contributed by atoms with Crippen molar-refractivity contribution in [2.24, 2.45) is 5.92 Å². The first kappa shape index (κ1) is 17.5. The second kappa shape index (κ2) is 7.78. The minimum Gasteiger partial charge on any atom is -0.356 e. The molecule has 3 heterocycles. The molecule has 0 radical (unpaired) electrons. The summed E-state index contributed by atoms with van der Waals surface area (Å²) in [6.45, 7) is 2.04. The Kier molecular flexibility index (Phi) is 5.25. The van der Waals surface area contributed by atoms with Crippen LogP contribution in [-0.2, 0) is 22.7 Å². The zero-order valence-electron chi connectivity index (χ0n) is 15.4. The van der Waals surface area contributed by atoms with Crippen LogP contribution in [0.15, 0.2) is 24.3 Å². The van der Waals surface area contributed by atoms with E-state index in [-0.39, 0.29) is 11.8 Å². The molecule has 0 spiro atoms. The molecule has 0 saturated carbocycles. The van der Waals surface area contributed by atoms with Gasteiger partial charge in [-0.3, -0.25) is 9.59 Å². The van der Waals surface area contributed by atoms with E-state index < -0.39 is 0 Å². The number of amides is 2. The van der Waals surface area contributed by atoms with Crippen LogP contribution in [0.5, 0.6) is 0 Å². The summed E-state index contributed by atoms with van der Waals surface area (Å²) >= 11 is 0. The van der Waals surface area contributed by atoms with Crippen LogP contribution in [0.1, 0.15) is 56.1 Å². The normalized spacial score (nSPS) is 26.6. The van der Waals surface area contributed by atoms with Crippen molar-refractivity contribution >= 4 is 11.8 Å². The van der Waals surface area contributed by atoms with E-state index in [0.717, 1.165) is 32.4 Å². The summed E-state index contributed by atoms with van der Waals surface area (Å²) < 4.78 is 0. The molecule has 2 saturated heterocycles. The molecule has 3 aliphatic rings. The Morgan fingerprint density at radius 1 is 1.08 bits per heavy atom. The Labute approximate surface area is 155 Å². The van der Waals surface area contributed by atoms with Gasteiger partial charge in [-0.15, -0.1) is 0 Å². The van der Waals surface area contributed by atoms with Gasteiger partial charge >= 0.3 is 0 Å². The molecule has 1 aromatic carbocycles. The lowest BCUT2D eigenvalue weighted by Crippen LogP contribution is -2.39. The van der Waals surface area contributed by atoms with Gasteiger partial charge in [0.25, 0.3) is 0 Å². The number of rotatable bonds is 6. The van der Waals surface area contributed by atoms with Crippen LogP contribution in [0, 0.1) is 5.92 Å². The number of piperidine rings is 1. The predicted octanol–water partition coefficient (Wildman–Crippen LogP) is 2.35. The van der Waals surface area contributed by atoms with Crippen LogP contribution in [-0.4, -0.2) is 35.3 Å². The number of hydrogen-bond acceptors (Lipinski definition) is 3. The lowest BCUT2D eigenvalue weighted by molar-refractivity contribution is -0.132. The average molecular weight is 355 g/mol. The van der Waals surface area contributed by atoms with Crippen LogP contribution in [0.3, 0.4) is 0 Å². The summed E-state index contributed by atoms with van der Waals surface area (Å²) in [7, 11) is 0. The standard InChI is InChI=1S/C21H29N3O2/c25-20(12-15-10-18-7-8-19(11-15)23-18)22-9-3-6-21(26)24-13-16-4-1-2-5-17(16)14-24/h1-2,4-5,15,18-19,23H,3,6-14H2,(H,22,25). The van der Waals surface area contributed by atoms with Gasteiger partial charge in [-0.2, -0.15) is 0 Å². The topological polar surface area (TPSA) is 61.4 Å². The van der Waals surface area contributed by atoms with E-state index in [4.69, 9.17) is 0 Å². The summed E-state index contributed by atoms with van der Waals surface area (Å²) in [5.74, 6) is 0.862. The second-order valence-corrected chi connectivity index (χ2v) is 8.15. The fourth-order valence-electron chi connectivity index (χ4n) is 4.81. The third kappa shape index (κ3) is 4.09. The molecule has 2 fully saturated rings. The van der Waals surface area contributed by atoms with Crippen LogP contribution >= 0.6 is 0 Å². The van der Waals surface area contributed by atoms with Crippen molar-refractivity contribution in [2.75, 3.05) is 6.54 Å². The summed E-state index contributed by atoms with van der Waals surface area (Å²) in [5, 5.41) is 6.63. The highest BCUT2D eigenvalue weighted by Gasteiger charge is 2.34. The molecule has 2 bridgehead atoms. The number of carbonyl (C=O) groups excluding carboxylic acids is 2. The largest absolute Gasteiger partial charge is 0.356 e. The highest BCUT2D eigenvalue weighted by atomic mass is 16.2. The molecule has 5 nitrogen and oxygen atoms in total. The summed E-state index contributed by atoms with van der Waals surface area (Å²) in [5.41, 5.74) is 2.51. The van der Waals surface area contributed by atoms with Crippen LogP contribution in [0.4, 0.5) is 0 Å². The first-order valence-electron chi connectivity index (χ1n) is 10.0. The molecule has 2 N–H and O–H groups in total. The van der Waals surface area contributed by atoms with Crippen molar-refractivity contribution in [3.8, 4) is 0 Å². The molecule has 4 rings (SSSR count). The summed E-state index contributed by atoms with van der Waals surface area (Å²) in [6.07, 6.45) is 6.68. The number of fused-ring (bicyclic) bond motifs is 3. The first-order valence-corrected chi connectivity index (χ1v) is 10.0. The van der Waals surface area contributed by atoms with Crippen molar-refractivity contribution in [3.05, 3.63) is 35.4 Å². The monoisotopic (exact) mass is 355 g/mol. The molecule has 2 unspecified atom stereocenters. The van der Waals surface area contributed by atoms with Gasteiger partial charge in [0, 0.05) is 44.6 Å². The molecule has 0 aromatic heterocycles. The molecule has 26 heavy (non-hydrogen) atoms. The number of carbonyl (C=O) groups is 2. The molecular weight excluding hydrogens is 326 g/mol. The highest BCUT2D eigenvalue weighted by molar-refractivity contribution is 5.77. The Hall–Kier alpha value is -1.88. The fraction of sp³-hybridized carbons (Fsp3) is 0.619. The lowest BCUT2D eigenvalue weighted by Gasteiger charge is -2.28. The third-order valence-corrected chi connectivity index (χ3v) is 6.13. The Bertz CT molecular complexity index is 638. The van der Waals surface area contributed by atoms with E-state index >= 15 is 0 Å². The molecule has 5 heteroatoms. The summed E-state index contributed by atoms with van der Waals surface area (Å²) in [4.78, 5) is 26.4. The number of benzene rings is 1. The SMILES string of the molecule is O=C(CC1CC2CCC(C1)N2)NCCCC(=O)N1Cc2ccccc2C1. The minimum absolute atomic E-state index is 0.150. The van der Waals surface area contributed by atoms with Gasteiger partial charge in [-0.25, -0.2) is 0 Å². The van der Waals surface area contributed by atoms with E-state index in [0.29, 0.717) is 37.4 Å². The van der Waals surface area contributed by atoms with Gasteiger partial charge in [-0.05, 0) is 49.1 Å². The third-order valence-electron chi connectivity index (χ3n) is 6.13. The number of hydrogen-bond donors (Lipinski definition) is 2. The van der Waals surface area contributed by atoms with E-state index in [1.54, 1.807) is 0 Å². The highest BCUT2D eigenvalue weighted by Crippen LogP contribution is 2.32. The predicted molar refractivity (Wildman–Crippen MR) is 100 cm³/mol. The van der Waals surface area contributed by atoms with Gasteiger partial charge in [0.15, 0.2) is 0 Å². The Morgan fingerprint density at radius 3 is 2.38 bits per heavy atom. The quantitative estimate of drug-likeness (QED) is 0.770. The van der Waals surface area contributed by atoms with Gasteiger partial charge < -0.3 is 15.5 Å². The molecule has 1 aromatic rings. The summed E-state index contributed by atoms with van der Waals surface area (Å²) in [6, 6.07) is 9.50. The lowest BCUT2D eigenvalue weighted by atomic mass is 9.89. The fourth-order valence-corrected chi connectivity index (χ4v) is 4.81. The van der Waals surface area contributed by atoms with Crippen molar-refractivity contribution in [2.45, 2.75) is 70.1 Å². The maximum atomic E-state index is 12.4. The van der Waals surface area contributed by atoms with Crippen molar-refractivity contribution < 1.29 is 9.59 Å². The van der Waals surface area contributed by atoms with Gasteiger partial charge in [0.2, 0.25) is 11.8 Å². The van der Waals surface area contributed by atoms with E-state index in [1.165, 1.54) is 24.0 Å². The van der Waals surface area contributed by atoms with Crippen LogP contribution in [0.25, 0.3) is 0 Å². The molecule has 0 aliphatic carbocycles. The Balaban J connectivity index is 1.12. The van der Waals surface area contributed by atoms with E-state index in [9.17, 15) is 9.59 Å². The molecular formula is C21H29N3O2. The average Bonchev–Trinajstić information content (AvgIpc) is 3.21. The maximum absolute atomic E-state index is 12.4. The van der Waals surface area contributed by atoms with Gasteiger partial charge in [0.05, 0.1) is 0 Å². The maximum Gasteiger partial charge on any atom is 0.223 e. The van der Waals surface area contributed by atoms with Crippen molar-refractivity contribution in [1.82, 2.24) is 15.5 Å². The molecule has 3 aliphatic heterocycles. The molecule has 2 amide bonds. The minimum atomic E-state index is 0.150. The zero-order chi connectivity index (χ0) is 17.9. The Morgan fingerprint density at radius 2 is 1.73 bits per heavy atom. The number of nitrogens with one attached hydrogen (secondary N) is 2. The smallest absolute Gasteiger partial charge is 0.223 e. The van der Waals surface area contributed by atoms with Crippen LogP contribution in [0.2, 0.25) is 0 Å². The molecule has 2 atom stereocenters. The van der Waals surface area contributed by atoms with Crippen molar-refractivity contribution in [1.29, 1.82) is 0 Å². The van der Waals surface area contributed by atoms with Gasteiger partial charge in [0.1, 0.15) is 0 Å². The van der Waals surface area contributed by atoms with Crippen molar-refractivity contribution in [3.63, 3.8) is 0 Å². The van der Waals surface area contributed by atoms with E-state index in [1.807, 2.05) is 17.0 Å². The second-order valence-electron chi connectivity index (χ2n) is 8.15. The number of nitrogens with zero attached hydrogens (tertiary/aromatic N) is 1. The first-order chi connectivity index (χ1) is 12.7. The molecule has 140 valence electrons. The zero-order valence-corrected chi connectivity index (χ0v) is 15.4. The van der Waals surface area contributed by atoms with Gasteiger partial charge in [-0.1, -0.05) is 24.3 Å². The van der Waals surface area contributed by atoms with E-state index in [2.05, 4.69) is 22.8 Å². The van der Waals surface area contributed by atoms with Crippen LogP contribution < -0.4 is 10.6 Å².